The molecule has 1 aromatic heterocycles. The summed E-state index contributed by atoms with van der Waals surface area (Å²) in [7, 11) is 1.83. The van der Waals surface area contributed by atoms with Crippen molar-refractivity contribution < 1.29 is 9.18 Å². The summed E-state index contributed by atoms with van der Waals surface area (Å²) in [5.74, 6) is 1.14. The Balaban J connectivity index is 1.54. The molecule has 2 heterocycles. The zero-order valence-corrected chi connectivity index (χ0v) is 12.7. The van der Waals surface area contributed by atoms with Crippen molar-refractivity contribution in [1.82, 2.24) is 20.2 Å². The fourth-order valence-corrected chi connectivity index (χ4v) is 2.84. The number of nitrogens with one attached hydrogen (secondary N) is 2. The fraction of sp³-hybridized carbons (Fsp3) is 0.500. The highest BCUT2D eigenvalue weighted by atomic mass is 19.1. The minimum atomic E-state index is -0.278. The van der Waals surface area contributed by atoms with Crippen LogP contribution < -0.4 is 5.32 Å². The van der Waals surface area contributed by atoms with Gasteiger partial charge in [-0.25, -0.2) is 9.37 Å². The maximum absolute atomic E-state index is 13.2. The molecule has 2 N–H and O–H groups in total. The van der Waals surface area contributed by atoms with Crippen LogP contribution in [-0.4, -0.2) is 47.5 Å². The van der Waals surface area contributed by atoms with E-state index in [-0.39, 0.29) is 11.7 Å². The number of aromatic amines is 1. The number of likely N-dealkylation sites (N-methyl/N-ethyl adjacent to an activating group) is 1. The molecule has 0 aliphatic carbocycles. The van der Waals surface area contributed by atoms with Crippen LogP contribution in [0.5, 0.6) is 0 Å². The van der Waals surface area contributed by atoms with Gasteiger partial charge in [0.05, 0.1) is 11.0 Å². The van der Waals surface area contributed by atoms with Crippen LogP contribution >= 0.6 is 0 Å². The molecule has 5 nitrogen and oxygen atoms in total. The Morgan fingerprint density at radius 1 is 1.50 bits per heavy atom. The predicted octanol–water partition coefficient (Wildman–Crippen LogP) is 1.70. The van der Waals surface area contributed by atoms with Crippen molar-refractivity contribution in [2.24, 2.45) is 5.92 Å². The van der Waals surface area contributed by atoms with Gasteiger partial charge in [-0.2, -0.15) is 0 Å². The van der Waals surface area contributed by atoms with Crippen molar-refractivity contribution >= 4 is 16.9 Å². The van der Waals surface area contributed by atoms with Crippen LogP contribution in [-0.2, 0) is 11.2 Å². The van der Waals surface area contributed by atoms with Gasteiger partial charge in [-0.05, 0) is 43.6 Å². The fourth-order valence-electron chi connectivity index (χ4n) is 2.84. The second-order valence-corrected chi connectivity index (χ2v) is 5.97. The van der Waals surface area contributed by atoms with Crippen LogP contribution in [0.1, 0.15) is 18.7 Å². The smallest absolute Gasteiger partial charge is 0.222 e. The van der Waals surface area contributed by atoms with Gasteiger partial charge in [0.15, 0.2) is 0 Å². The first-order valence-corrected chi connectivity index (χ1v) is 7.70. The maximum Gasteiger partial charge on any atom is 0.222 e. The van der Waals surface area contributed by atoms with Gasteiger partial charge in [-0.3, -0.25) is 4.79 Å². The number of benzene rings is 1. The first kappa shape index (κ1) is 15.0. The molecular weight excluding hydrogens is 283 g/mol. The summed E-state index contributed by atoms with van der Waals surface area (Å²) in [6.07, 6.45) is 2.32. The number of nitrogens with zero attached hydrogens (tertiary/aromatic N) is 2. The summed E-state index contributed by atoms with van der Waals surface area (Å²) in [5.41, 5.74) is 1.45. The van der Waals surface area contributed by atoms with Gasteiger partial charge in [0.25, 0.3) is 0 Å². The van der Waals surface area contributed by atoms with Gasteiger partial charge < -0.3 is 15.2 Å². The van der Waals surface area contributed by atoms with Crippen molar-refractivity contribution in [3.63, 3.8) is 0 Å². The monoisotopic (exact) mass is 304 g/mol. The highest BCUT2D eigenvalue weighted by molar-refractivity contribution is 5.76. The average Bonchev–Trinajstić information content (AvgIpc) is 3.13. The zero-order valence-electron chi connectivity index (χ0n) is 12.7. The molecule has 1 fully saturated rings. The van der Waals surface area contributed by atoms with Gasteiger partial charge in [-0.15, -0.1) is 0 Å². The van der Waals surface area contributed by atoms with E-state index in [0.717, 1.165) is 30.9 Å². The summed E-state index contributed by atoms with van der Waals surface area (Å²) in [6.45, 7) is 2.56. The second-order valence-electron chi connectivity index (χ2n) is 5.97. The third kappa shape index (κ3) is 3.44. The van der Waals surface area contributed by atoms with E-state index in [0.29, 0.717) is 30.8 Å². The van der Waals surface area contributed by atoms with Crippen molar-refractivity contribution in [1.29, 1.82) is 0 Å². The van der Waals surface area contributed by atoms with E-state index in [9.17, 15) is 9.18 Å². The normalized spacial score (nSPS) is 18.0. The van der Waals surface area contributed by atoms with Gasteiger partial charge in [0.2, 0.25) is 5.91 Å². The molecule has 1 atom stereocenters. The Morgan fingerprint density at radius 2 is 2.36 bits per heavy atom. The number of H-pyrrole nitrogens is 1. The molecule has 0 radical (unpaired) electrons. The average molecular weight is 304 g/mol. The summed E-state index contributed by atoms with van der Waals surface area (Å²) in [4.78, 5) is 21.4. The van der Waals surface area contributed by atoms with E-state index in [1.807, 2.05) is 7.05 Å². The molecule has 1 unspecified atom stereocenters. The number of rotatable bonds is 5. The summed E-state index contributed by atoms with van der Waals surface area (Å²) >= 11 is 0. The number of carbonyl (C=O) groups is 1. The molecule has 0 bridgehead atoms. The third-order valence-corrected chi connectivity index (χ3v) is 4.23. The van der Waals surface area contributed by atoms with Crippen molar-refractivity contribution in [2.75, 3.05) is 26.7 Å². The number of imidazole rings is 1. The number of aromatic nitrogens is 2. The molecule has 1 aliphatic heterocycles. The Labute approximate surface area is 128 Å². The Bertz CT molecular complexity index is 663. The van der Waals surface area contributed by atoms with Gasteiger partial charge >= 0.3 is 0 Å². The maximum atomic E-state index is 13.2. The number of halogens is 1. The Hall–Kier alpha value is -1.95. The third-order valence-electron chi connectivity index (χ3n) is 4.23. The minimum absolute atomic E-state index is 0.177. The molecule has 1 amide bonds. The SMILES string of the molecule is CN(CCc1nc2ccc(F)cc2[nH]1)C(=O)CC1CCNC1. The lowest BCUT2D eigenvalue weighted by atomic mass is 10.0. The highest BCUT2D eigenvalue weighted by Gasteiger charge is 2.20. The molecule has 1 aliphatic rings. The first-order chi connectivity index (χ1) is 10.6. The Morgan fingerprint density at radius 3 is 3.14 bits per heavy atom. The number of amides is 1. The summed E-state index contributed by atoms with van der Waals surface area (Å²) in [6, 6.07) is 4.50. The Kier molecular flexibility index (Phi) is 4.38. The van der Waals surface area contributed by atoms with Crippen LogP contribution in [0.2, 0.25) is 0 Å². The van der Waals surface area contributed by atoms with Gasteiger partial charge in [-0.1, -0.05) is 0 Å². The highest BCUT2D eigenvalue weighted by Crippen LogP contribution is 2.15. The lowest BCUT2D eigenvalue weighted by Crippen LogP contribution is -2.31. The summed E-state index contributed by atoms with van der Waals surface area (Å²) < 4.78 is 13.2. The molecule has 6 heteroatoms. The van der Waals surface area contributed by atoms with Crippen molar-refractivity contribution in [3.05, 3.63) is 29.8 Å². The largest absolute Gasteiger partial charge is 0.345 e. The number of fused-ring (bicyclic) bond motifs is 1. The molecule has 0 saturated carbocycles. The van der Waals surface area contributed by atoms with E-state index in [4.69, 9.17) is 0 Å². The van der Waals surface area contributed by atoms with Crippen LogP contribution in [0.4, 0.5) is 4.39 Å². The van der Waals surface area contributed by atoms with Crippen LogP contribution in [0, 0.1) is 11.7 Å². The first-order valence-electron chi connectivity index (χ1n) is 7.70. The standard InChI is InChI=1S/C16H21FN4O/c1-21(16(22)8-11-4-6-18-10-11)7-5-15-19-13-3-2-12(17)9-14(13)20-15/h2-3,9,11,18H,4-8,10H2,1H3,(H,19,20). The number of carbonyl (C=O) groups excluding carboxylic acids is 1. The quantitative estimate of drug-likeness (QED) is 0.884. The van der Waals surface area contributed by atoms with Crippen LogP contribution in [0.15, 0.2) is 18.2 Å². The topological polar surface area (TPSA) is 61.0 Å². The minimum Gasteiger partial charge on any atom is -0.345 e. The van der Waals surface area contributed by atoms with E-state index in [1.54, 1.807) is 11.0 Å². The number of hydrogen-bond donors (Lipinski definition) is 2. The lowest BCUT2D eigenvalue weighted by molar-refractivity contribution is -0.130. The molecule has 3 rings (SSSR count). The molecule has 118 valence electrons. The molecular formula is C16H21FN4O. The van der Waals surface area contributed by atoms with Crippen molar-refractivity contribution in [3.8, 4) is 0 Å². The summed E-state index contributed by atoms with van der Waals surface area (Å²) in [5, 5.41) is 3.28. The second kappa shape index (κ2) is 6.44. The van der Waals surface area contributed by atoms with Crippen molar-refractivity contribution in [2.45, 2.75) is 19.3 Å². The number of hydrogen-bond acceptors (Lipinski definition) is 3. The van der Waals surface area contributed by atoms with E-state index < -0.39 is 0 Å². The molecule has 2 aromatic rings. The lowest BCUT2D eigenvalue weighted by Gasteiger charge is -2.18. The molecule has 1 saturated heterocycles. The van der Waals surface area contributed by atoms with Crippen LogP contribution in [0.3, 0.4) is 0 Å². The van der Waals surface area contributed by atoms with Gasteiger partial charge in [0, 0.05) is 26.4 Å². The van der Waals surface area contributed by atoms with E-state index >= 15 is 0 Å². The van der Waals surface area contributed by atoms with E-state index in [1.165, 1.54) is 12.1 Å². The molecule has 22 heavy (non-hydrogen) atoms. The molecule has 1 aromatic carbocycles. The van der Waals surface area contributed by atoms with E-state index in [2.05, 4.69) is 15.3 Å². The van der Waals surface area contributed by atoms with Crippen LogP contribution in [0.25, 0.3) is 11.0 Å². The van der Waals surface area contributed by atoms with Gasteiger partial charge in [0.1, 0.15) is 11.6 Å². The molecule has 0 spiro atoms. The zero-order chi connectivity index (χ0) is 15.5. The predicted molar refractivity (Wildman–Crippen MR) is 83.0 cm³/mol.